The van der Waals surface area contributed by atoms with E-state index in [0.29, 0.717) is 18.2 Å². The first-order valence-corrected chi connectivity index (χ1v) is 7.97. The lowest BCUT2D eigenvalue weighted by molar-refractivity contribution is 0.425. The Morgan fingerprint density at radius 2 is 2.11 bits per heavy atom. The molecule has 0 unspecified atom stereocenters. The Hall–Kier alpha value is -0.370. The molecule has 0 radical (unpaired) electrons. The zero-order valence-electron chi connectivity index (χ0n) is 10.8. The van der Waals surface area contributed by atoms with Gasteiger partial charge in [-0.15, -0.1) is 0 Å². The van der Waals surface area contributed by atoms with Crippen molar-refractivity contribution in [3.63, 3.8) is 0 Å². The van der Waals surface area contributed by atoms with Crippen molar-refractivity contribution in [2.45, 2.75) is 31.7 Å². The van der Waals surface area contributed by atoms with Gasteiger partial charge in [0.05, 0.1) is 6.54 Å². The van der Waals surface area contributed by atoms with E-state index in [1.807, 2.05) is 0 Å². The fourth-order valence-electron chi connectivity index (χ4n) is 1.40. The maximum Gasteiger partial charge on any atom is 0.247 e. The molecule has 7 heteroatoms. The second-order valence-electron chi connectivity index (χ2n) is 4.56. The largest absolute Gasteiger partial charge is 0.452 e. The molecule has 2 N–H and O–H groups in total. The lowest BCUT2D eigenvalue weighted by Crippen LogP contribution is -2.28. The lowest BCUT2D eigenvalue weighted by Gasteiger charge is -2.17. The number of sulfonamides is 1. The maximum atomic E-state index is 12.3. The van der Waals surface area contributed by atoms with Crippen molar-refractivity contribution in [3.8, 4) is 0 Å². The predicted molar refractivity (Wildman–Crippen MR) is 73.6 cm³/mol. The molecule has 1 rings (SSSR count). The Morgan fingerprint density at radius 3 is 2.56 bits per heavy atom. The van der Waals surface area contributed by atoms with E-state index in [-0.39, 0.29) is 16.1 Å². The van der Waals surface area contributed by atoms with Crippen LogP contribution in [0.25, 0.3) is 0 Å². The summed E-state index contributed by atoms with van der Waals surface area (Å²) < 4.78 is 31.3. The highest BCUT2D eigenvalue weighted by atomic mass is 79.9. The molecule has 5 nitrogen and oxygen atoms in total. The fourth-order valence-corrected chi connectivity index (χ4v) is 3.54. The summed E-state index contributed by atoms with van der Waals surface area (Å²) >= 11 is 3.11. The average molecular weight is 339 g/mol. The van der Waals surface area contributed by atoms with E-state index in [4.69, 9.17) is 10.2 Å². The van der Waals surface area contributed by atoms with E-state index in [9.17, 15) is 8.42 Å². The third kappa shape index (κ3) is 3.57. The molecule has 1 aromatic heterocycles. The molecule has 0 spiro atoms. The van der Waals surface area contributed by atoms with Crippen LogP contribution in [-0.2, 0) is 16.6 Å². The molecule has 0 saturated heterocycles. The van der Waals surface area contributed by atoms with Gasteiger partial charge in [0.2, 0.25) is 10.0 Å². The van der Waals surface area contributed by atoms with Crippen molar-refractivity contribution in [2.75, 3.05) is 13.6 Å². The Kier molecular flexibility index (Phi) is 5.39. The SMILES string of the molecule is CC(C)CCN(C)S(=O)(=O)c1cc(CN)oc1Br. The van der Waals surface area contributed by atoms with Crippen LogP contribution in [0.2, 0.25) is 0 Å². The summed E-state index contributed by atoms with van der Waals surface area (Å²) in [5.74, 6) is 0.896. The molecule has 0 atom stereocenters. The molecule has 1 heterocycles. The van der Waals surface area contributed by atoms with Crippen LogP contribution < -0.4 is 5.73 Å². The quantitative estimate of drug-likeness (QED) is 0.862. The molecule has 0 aromatic carbocycles. The maximum absolute atomic E-state index is 12.3. The minimum Gasteiger partial charge on any atom is -0.452 e. The molecule has 18 heavy (non-hydrogen) atoms. The summed E-state index contributed by atoms with van der Waals surface area (Å²) in [5, 5.41) is 0. The van der Waals surface area contributed by atoms with Crippen molar-refractivity contribution in [1.82, 2.24) is 4.31 Å². The van der Waals surface area contributed by atoms with E-state index in [1.165, 1.54) is 10.4 Å². The fraction of sp³-hybridized carbons (Fsp3) is 0.636. The van der Waals surface area contributed by atoms with Gasteiger partial charge in [0.1, 0.15) is 10.7 Å². The molecule has 104 valence electrons. The Bertz CT molecular complexity index is 496. The molecule has 0 aliphatic carbocycles. The van der Waals surface area contributed by atoms with E-state index >= 15 is 0 Å². The smallest absolute Gasteiger partial charge is 0.247 e. The van der Waals surface area contributed by atoms with Crippen molar-refractivity contribution >= 4 is 26.0 Å². The Balaban J connectivity index is 2.94. The molecule has 0 fully saturated rings. The number of rotatable bonds is 6. The molecule has 0 bridgehead atoms. The topological polar surface area (TPSA) is 76.5 Å². The standard InChI is InChI=1S/C11H19BrN2O3S/c1-8(2)4-5-14(3)18(15,16)10-6-9(7-13)17-11(10)12/h6,8H,4-5,7,13H2,1-3H3. The molecule has 0 amide bonds. The van der Waals surface area contributed by atoms with Crippen LogP contribution >= 0.6 is 15.9 Å². The predicted octanol–water partition coefficient (Wildman–Crippen LogP) is 2.17. The number of furan rings is 1. The van der Waals surface area contributed by atoms with E-state index in [1.54, 1.807) is 7.05 Å². The van der Waals surface area contributed by atoms with Gasteiger partial charge in [0.15, 0.2) is 4.67 Å². The monoisotopic (exact) mass is 338 g/mol. The first kappa shape index (κ1) is 15.7. The second kappa shape index (κ2) is 6.18. The highest BCUT2D eigenvalue weighted by molar-refractivity contribution is 9.10. The van der Waals surface area contributed by atoms with Crippen LogP contribution in [0.15, 0.2) is 20.0 Å². The third-order valence-corrected chi connectivity index (χ3v) is 5.33. The van der Waals surface area contributed by atoms with Crippen LogP contribution in [0.4, 0.5) is 0 Å². The highest BCUT2D eigenvalue weighted by Gasteiger charge is 2.26. The minimum atomic E-state index is -3.52. The summed E-state index contributed by atoms with van der Waals surface area (Å²) in [6.07, 6.45) is 0.814. The van der Waals surface area contributed by atoms with E-state index < -0.39 is 10.0 Å². The van der Waals surface area contributed by atoms with Gasteiger partial charge >= 0.3 is 0 Å². The molecule has 1 aromatic rings. The zero-order valence-corrected chi connectivity index (χ0v) is 13.2. The van der Waals surface area contributed by atoms with Crippen molar-refractivity contribution < 1.29 is 12.8 Å². The van der Waals surface area contributed by atoms with Crippen LogP contribution in [0, 0.1) is 5.92 Å². The van der Waals surface area contributed by atoms with Gasteiger partial charge < -0.3 is 10.2 Å². The van der Waals surface area contributed by atoms with Gasteiger partial charge in [-0.2, -0.15) is 0 Å². The van der Waals surface area contributed by atoms with Gasteiger partial charge in [-0.1, -0.05) is 13.8 Å². The normalized spacial score (nSPS) is 12.6. The lowest BCUT2D eigenvalue weighted by atomic mass is 10.1. The van der Waals surface area contributed by atoms with Gasteiger partial charge in [0.25, 0.3) is 0 Å². The Labute approximate surface area is 117 Å². The molecule has 0 aliphatic rings. The number of halogens is 1. The number of nitrogens with zero attached hydrogens (tertiary/aromatic N) is 1. The average Bonchev–Trinajstić information content (AvgIpc) is 2.67. The zero-order chi connectivity index (χ0) is 13.9. The van der Waals surface area contributed by atoms with Gasteiger partial charge in [-0.05, 0) is 28.3 Å². The van der Waals surface area contributed by atoms with Gasteiger partial charge in [-0.25, -0.2) is 12.7 Å². The van der Waals surface area contributed by atoms with Crippen molar-refractivity contribution in [2.24, 2.45) is 11.7 Å². The molecular weight excluding hydrogens is 320 g/mol. The number of hydrogen-bond donors (Lipinski definition) is 1. The number of nitrogens with two attached hydrogens (primary N) is 1. The molecular formula is C11H19BrN2O3S. The van der Waals surface area contributed by atoms with Gasteiger partial charge in [0, 0.05) is 19.7 Å². The Morgan fingerprint density at radius 1 is 1.50 bits per heavy atom. The van der Waals surface area contributed by atoms with Crippen molar-refractivity contribution in [1.29, 1.82) is 0 Å². The summed E-state index contributed by atoms with van der Waals surface area (Å²) in [6.45, 7) is 4.76. The van der Waals surface area contributed by atoms with Crippen LogP contribution in [-0.4, -0.2) is 26.3 Å². The van der Waals surface area contributed by atoms with Crippen LogP contribution in [0.1, 0.15) is 26.0 Å². The highest BCUT2D eigenvalue weighted by Crippen LogP contribution is 2.28. The number of hydrogen-bond acceptors (Lipinski definition) is 4. The first-order chi connectivity index (χ1) is 8.28. The molecule has 0 aliphatic heterocycles. The van der Waals surface area contributed by atoms with E-state index in [2.05, 4.69) is 29.8 Å². The summed E-state index contributed by atoms with van der Waals surface area (Å²) in [7, 11) is -1.95. The minimum absolute atomic E-state index is 0.134. The second-order valence-corrected chi connectivity index (χ2v) is 7.30. The first-order valence-electron chi connectivity index (χ1n) is 5.73. The van der Waals surface area contributed by atoms with Crippen LogP contribution in [0.3, 0.4) is 0 Å². The van der Waals surface area contributed by atoms with Crippen LogP contribution in [0.5, 0.6) is 0 Å². The summed E-state index contributed by atoms with van der Waals surface area (Å²) in [5.41, 5.74) is 5.43. The summed E-state index contributed by atoms with van der Waals surface area (Å²) in [6, 6.07) is 1.46. The summed E-state index contributed by atoms with van der Waals surface area (Å²) in [4.78, 5) is 0.134. The van der Waals surface area contributed by atoms with Crippen molar-refractivity contribution in [3.05, 3.63) is 16.5 Å². The van der Waals surface area contributed by atoms with E-state index in [0.717, 1.165) is 6.42 Å². The van der Waals surface area contributed by atoms with Gasteiger partial charge in [-0.3, -0.25) is 0 Å². The molecule has 0 saturated carbocycles. The third-order valence-electron chi connectivity index (χ3n) is 2.62.